The number of amides is 2. The Morgan fingerprint density at radius 2 is 1.47 bits per heavy atom. The first-order valence-electron chi connectivity index (χ1n) is 12.6. The molecule has 3 aromatic carbocycles. The van der Waals surface area contributed by atoms with Crippen LogP contribution in [0.25, 0.3) is 0 Å². The summed E-state index contributed by atoms with van der Waals surface area (Å²) < 4.78 is 5.45. The topological polar surface area (TPSA) is 134 Å². The monoisotopic (exact) mass is 519 g/mol. The van der Waals surface area contributed by atoms with Gasteiger partial charge in [0.15, 0.2) is 0 Å². The van der Waals surface area contributed by atoms with E-state index in [-0.39, 0.29) is 23.4 Å². The number of benzene rings is 3. The highest BCUT2D eigenvalue weighted by molar-refractivity contribution is 5.95. The fourth-order valence-electron chi connectivity index (χ4n) is 4.12. The zero-order valence-corrected chi connectivity index (χ0v) is 22.1. The van der Waals surface area contributed by atoms with E-state index in [2.05, 4.69) is 10.6 Å². The van der Waals surface area contributed by atoms with Crippen LogP contribution in [0.15, 0.2) is 78.9 Å². The molecule has 0 aliphatic heterocycles. The summed E-state index contributed by atoms with van der Waals surface area (Å²) in [6.45, 7) is 5.36. The second-order valence-corrected chi connectivity index (χ2v) is 10.4. The third kappa shape index (κ3) is 9.12. The zero-order valence-electron chi connectivity index (χ0n) is 22.1. The van der Waals surface area contributed by atoms with E-state index in [9.17, 15) is 19.8 Å². The number of nitrogens with two attached hydrogens (primary N) is 1. The van der Waals surface area contributed by atoms with Crippen LogP contribution >= 0.6 is 0 Å². The molecule has 6 N–H and O–H groups in total. The van der Waals surface area contributed by atoms with Crippen molar-refractivity contribution >= 4 is 17.7 Å². The molecule has 0 aliphatic carbocycles. The highest BCUT2D eigenvalue weighted by Crippen LogP contribution is 2.21. The quantitative estimate of drug-likeness (QED) is 0.201. The number of phenols is 1. The summed E-state index contributed by atoms with van der Waals surface area (Å²) in [6, 6.07) is 22.3. The first kappa shape index (κ1) is 28.5. The first-order chi connectivity index (χ1) is 18.0. The van der Waals surface area contributed by atoms with Crippen molar-refractivity contribution in [1.82, 2.24) is 10.6 Å². The lowest BCUT2D eigenvalue weighted by atomic mass is 9.93. The van der Waals surface area contributed by atoms with Gasteiger partial charge in [0.1, 0.15) is 11.4 Å². The van der Waals surface area contributed by atoms with Crippen LogP contribution in [0.4, 0.5) is 10.5 Å². The molecular formula is C30H37N3O5. The van der Waals surface area contributed by atoms with Gasteiger partial charge in [-0.1, -0.05) is 60.7 Å². The molecule has 3 rings (SSSR count). The number of nitrogen functional groups attached to an aromatic ring is 1. The van der Waals surface area contributed by atoms with Crippen molar-refractivity contribution in [2.75, 3.05) is 5.73 Å². The standard InChI is InChI=1S/C30H37N3O5/c1-30(2,3)38-29(37)32-23(16-20-10-6-4-7-11-20)19-27(35)25(17-21-12-8-5-9-13-21)33-28(36)22-14-15-26(34)24(31)18-22/h4-15,18,23,25,27,34-35H,16-17,19,31H2,1-3H3,(H,32,37)(H,33,36)/t23-,25-,27-/m0/s1. The summed E-state index contributed by atoms with van der Waals surface area (Å²) in [5, 5.41) is 26.9. The van der Waals surface area contributed by atoms with Crippen molar-refractivity contribution in [2.45, 2.75) is 63.8 Å². The average molecular weight is 520 g/mol. The number of rotatable bonds is 10. The Morgan fingerprint density at radius 3 is 2.03 bits per heavy atom. The molecule has 0 aromatic heterocycles. The molecule has 202 valence electrons. The second-order valence-electron chi connectivity index (χ2n) is 10.4. The zero-order chi connectivity index (χ0) is 27.7. The van der Waals surface area contributed by atoms with E-state index in [0.29, 0.717) is 12.8 Å². The predicted molar refractivity (Wildman–Crippen MR) is 148 cm³/mol. The molecule has 38 heavy (non-hydrogen) atoms. The fourth-order valence-corrected chi connectivity index (χ4v) is 4.12. The molecule has 0 spiro atoms. The summed E-state index contributed by atoms with van der Waals surface area (Å²) in [7, 11) is 0. The van der Waals surface area contributed by atoms with Crippen molar-refractivity contribution in [3.8, 4) is 5.75 Å². The van der Waals surface area contributed by atoms with E-state index in [0.717, 1.165) is 11.1 Å². The molecule has 3 atom stereocenters. The minimum absolute atomic E-state index is 0.0855. The van der Waals surface area contributed by atoms with Crippen LogP contribution < -0.4 is 16.4 Å². The Bertz CT molecular complexity index is 1200. The summed E-state index contributed by atoms with van der Waals surface area (Å²) in [5.74, 6) is -0.546. The Balaban J connectivity index is 1.81. The van der Waals surface area contributed by atoms with Gasteiger partial charge in [-0.15, -0.1) is 0 Å². The second kappa shape index (κ2) is 13.0. The number of aliphatic hydroxyl groups is 1. The smallest absolute Gasteiger partial charge is 0.407 e. The summed E-state index contributed by atoms with van der Waals surface area (Å²) in [5.41, 5.74) is 7.37. The maximum Gasteiger partial charge on any atom is 0.407 e. The van der Waals surface area contributed by atoms with E-state index < -0.39 is 35.8 Å². The lowest BCUT2D eigenvalue weighted by Gasteiger charge is -2.29. The maximum atomic E-state index is 13.1. The van der Waals surface area contributed by atoms with E-state index in [4.69, 9.17) is 10.5 Å². The Labute approximate surface area is 223 Å². The first-order valence-corrected chi connectivity index (χ1v) is 12.6. The van der Waals surface area contributed by atoms with Gasteiger partial charge in [0.05, 0.1) is 17.8 Å². The number of ether oxygens (including phenoxy) is 1. The minimum atomic E-state index is -1.00. The highest BCUT2D eigenvalue weighted by Gasteiger charge is 2.28. The normalized spacial score (nSPS) is 13.7. The molecule has 0 radical (unpaired) electrons. The van der Waals surface area contributed by atoms with E-state index in [1.807, 2.05) is 60.7 Å². The van der Waals surface area contributed by atoms with E-state index in [1.165, 1.54) is 18.2 Å². The van der Waals surface area contributed by atoms with Crippen LogP contribution in [0.3, 0.4) is 0 Å². The van der Waals surface area contributed by atoms with Gasteiger partial charge in [-0.3, -0.25) is 4.79 Å². The van der Waals surface area contributed by atoms with Gasteiger partial charge in [0.2, 0.25) is 0 Å². The van der Waals surface area contributed by atoms with Crippen molar-refractivity contribution in [2.24, 2.45) is 0 Å². The molecule has 0 unspecified atom stereocenters. The van der Waals surface area contributed by atoms with Crippen molar-refractivity contribution < 1.29 is 24.5 Å². The number of phenolic OH excluding ortho intramolecular Hbond substituents is 1. The number of nitrogens with one attached hydrogen (secondary N) is 2. The number of hydrogen-bond acceptors (Lipinski definition) is 6. The minimum Gasteiger partial charge on any atom is -0.506 e. The van der Waals surface area contributed by atoms with E-state index in [1.54, 1.807) is 20.8 Å². The van der Waals surface area contributed by atoms with Crippen molar-refractivity contribution in [1.29, 1.82) is 0 Å². The van der Waals surface area contributed by atoms with Crippen LogP contribution in [-0.2, 0) is 17.6 Å². The molecule has 0 saturated heterocycles. The lowest BCUT2D eigenvalue weighted by Crippen LogP contribution is -2.49. The van der Waals surface area contributed by atoms with Crippen LogP contribution in [0.2, 0.25) is 0 Å². The summed E-state index contributed by atoms with van der Waals surface area (Å²) in [6.07, 6.45) is -0.571. The Hall–Kier alpha value is -4.04. The molecule has 0 saturated carbocycles. The molecule has 8 heteroatoms. The van der Waals surface area contributed by atoms with Gasteiger partial charge in [0.25, 0.3) is 5.91 Å². The van der Waals surface area contributed by atoms with Crippen LogP contribution in [0.5, 0.6) is 5.75 Å². The fraction of sp³-hybridized carbons (Fsp3) is 0.333. The number of aliphatic hydroxyl groups excluding tert-OH is 1. The number of hydrogen-bond donors (Lipinski definition) is 5. The third-order valence-electron chi connectivity index (χ3n) is 5.94. The van der Waals surface area contributed by atoms with Gasteiger partial charge in [-0.05, 0) is 69.4 Å². The molecule has 3 aromatic rings. The summed E-state index contributed by atoms with van der Waals surface area (Å²) in [4.78, 5) is 25.7. The van der Waals surface area contributed by atoms with Crippen molar-refractivity contribution in [3.63, 3.8) is 0 Å². The van der Waals surface area contributed by atoms with Gasteiger partial charge >= 0.3 is 6.09 Å². The third-order valence-corrected chi connectivity index (χ3v) is 5.94. The number of aromatic hydroxyl groups is 1. The Kier molecular flexibility index (Phi) is 9.73. The van der Waals surface area contributed by atoms with Gasteiger partial charge in [0, 0.05) is 11.6 Å². The predicted octanol–water partition coefficient (Wildman–Crippen LogP) is 4.20. The maximum absolute atomic E-state index is 13.1. The molecule has 8 nitrogen and oxygen atoms in total. The number of alkyl carbamates (subject to hydrolysis) is 1. The van der Waals surface area contributed by atoms with Gasteiger partial charge in [-0.2, -0.15) is 0 Å². The lowest BCUT2D eigenvalue weighted by molar-refractivity contribution is 0.0463. The number of carbonyl (C=O) groups excluding carboxylic acids is 2. The van der Waals surface area contributed by atoms with E-state index >= 15 is 0 Å². The van der Waals surface area contributed by atoms with Crippen molar-refractivity contribution in [3.05, 3.63) is 95.6 Å². The van der Waals surface area contributed by atoms with Gasteiger partial charge < -0.3 is 31.3 Å². The Morgan fingerprint density at radius 1 is 0.895 bits per heavy atom. The molecule has 0 fully saturated rings. The van der Waals surface area contributed by atoms with Crippen LogP contribution in [-0.4, -0.2) is 46.0 Å². The number of anilines is 1. The van der Waals surface area contributed by atoms with Crippen LogP contribution in [0, 0.1) is 0 Å². The molecule has 0 heterocycles. The highest BCUT2D eigenvalue weighted by atomic mass is 16.6. The molecule has 2 amide bonds. The molecule has 0 bridgehead atoms. The molecule has 0 aliphatic rings. The van der Waals surface area contributed by atoms with Gasteiger partial charge in [-0.25, -0.2) is 4.79 Å². The largest absolute Gasteiger partial charge is 0.506 e. The SMILES string of the molecule is CC(C)(C)OC(=O)N[C@@H](Cc1ccccc1)C[C@H](O)[C@H](Cc1ccccc1)NC(=O)c1ccc(O)c(N)c1. The summed E-state index contributed by atoms with van der Waals surface area (Å²) >= 11 is 0. The average Bonchev–Trinajstić information content (AvgIpc) is 2.85. The number of carbonyl (C=O) groups is 2. The molecular weight excluding hydrogens is 482 g/mol. The van der Waals surface area contributed by atoms with Crippen LogP contribution in [0.1, 0.15) is 48.7 Å².